The Kier molecular flexibility index (Phi) is 6.58. The number of aromatic nitrogens is 3. The quantitative estimate of drug-likeness (QED) is 0.577. The highest BCUT2D eigenvalue weighted by molar-refractivity contribution is 5.93. The van der Waals surface area contributed by atoms with Gasteiger partial charge in [-0.05, 0) is 68.1 Å². The summed E-state index contributed by atoms with van der Waals surface area (Å²) in [6, 6.07) is 12.3. The van der Waals surface area contributed by atoms with Gasteiger partial charge < -0.3 is 9.64 Å². The van der Waals surface area contributed by atoms with E-state index in [4.69, 9.17) is 4.74 Å². The number of nitrogens with zero attached hydrogens (tertiary/aromatic N) is 5. The first-order chi connectivity index (χ1) is 16.6. The van der Waals surface area contributed by atoms with Crippen LogP contribution in [0.4, 0.5) is 4.39 Å². The molecule has 2 aliphatic heterocycles. The van der Waals surface area contributed by atoms with E-state index in [1.807, 2.05) is 17.0 Å². The van der Waals surface area contributed by atoms with Crippen LogP contribution in [-0.4, -0.2) is 68.8 Å². The van der Waals surface area contributed by atoms with Gasteiger partial charge in [0, 0.05) is 57.2 Å². The van der Waals surface area contributed by atoms with E-state index in [0.717, 1.165) is 63.2 Å². The number of aryl methyl sites for hydroxylation is 1. The van der Waals surface area contributed by atoms with Gasteiger partial charge in [-0.25, -0.2) is 4.39 Å². The summed E-state index contributed by atoms with van der Waals surface area (Å²) in [4.78, 5) is 21.7. The summed E-state index contributed by atoms with van der Waals surface area (Å²) < 4.78 is 21.0. The second-order valence-electron chi connectivity index (χ2n) is 9.10. The third-order valence-electron chi connectivity index (χ3n) is 6.94. The van der Waals surface area contributed by atoms with Crippen LogP contribution < -0.4 is 4.74 Å². The minimum atomic E-state index is -0.288. The Labute approximate surface area is 199 Å². The van der Waals surface area contributed by atoms with Crippen molar-refractivity contribution in [2.24, 2.45) is 7.05 Å². The van der Waals surface area contributed by atoms with E-state index in [0.29, 0.717) is 17.4 Å². The number of halogens is 1. The van der Waals surface area contributed by atoms with E-state index in [1.54, 1.807) is 42.3 Å². The second-order valence-corrected chi connectivity index (χ2v) is 9.10. The largest absolute Gasteiger partial charge is 0.490 e. The van der Waals surface area contributed by atoms with Gasteiger partial charge in [0.25, 0.3) is 5.91 Å². The Morgan fingerprint density at radius 3 is 2.32 bits per heavy atom. The first-order valence-corrected chi connectivity index (χ1v) is 12.0. The average Bonchev–Trinajstić information content (AvgIpc) is 3.27. The number of pyridine rings is 1. The molecule has 1 aromatic carbocycles. The van der Waals surface area contributed by atoms with Crippen molar-refractivity contribution in [2.45, 2.75) is 37.8 Å². The first kappa shape index (κ1) is 22.5. The van der Waals surface area contributed by atoms with Crippen molar-refractivity contribution in [3.63, 3.8) is 0 Å². The molecule has 0 unspecified atom stereocenters. The SMILES string of the molecule is Cn1nc(-c2ccc(F)cc2)cc1C(=O)N1CCC(N2CCC(Oc3ccncc3)CC2)CC1. The van der Waals surface area contributed by atoms with E-state index in [1.165, 1.54) is 12.1 Å². The molecule has 0 N–H and O–H groups in total. The summed E-state index contributed by atoms with van der Waals surface area (Å²) >= 11 is 0. The van der Waals surface area contributed by atoms with Gasteiger partial charge in [0.15, 0.2) is 0 Å². The van der Waals surface area contributed by atoms with Crippen LogP contribution >= 0.6 is 0 Å². The maximum atomic E-state index is 13.2. The van der Waals surface area contributed by atoms with Gasteiger partial charge in [-0.2, -0.15) is 5.10 Å². The van der Waals surface area contributed by atoms with Crippen LogP contribution in [0.5, 0.6) is 5.75 Å². The standard InChI is InChI=1S/C26H30FN5O2/c1-30-25(18-24(29-30)19-2-4-20(27)5-3-19)26(33)32-14-8-21(9-15-32)31-16-10-23(11-17-31)34-22-6-12-28-13-7-22/h2-7,12-13,18,21,23H,8-11,14-17H2,1H3. The van der Waals surface area contributed by atoms with Crippen LogP contribution in [0.15, 0.2) is 54.9 Å². The van der Waals surface area contributed by atoms with E-state index >= 15 is 0 Å². The van der Waals surface area contributed by atoms with Gasteiger partial charge in [-0.3, -0.25) is 19.4 Å². The van der Waals surface area contributed by atoms with Gasteiger partial charge in [-0.15, -0.1) is 0 Å². The molecule has 2 aromatic heterocycles. The normalized spacial score (nSPS) is 18.2. The van der Waals surface area contributed by atoms with Crippen molar-refractivity contribution in [1.29, 1.82) is 0 Å². The van der Waals surface area contributed by atoms with E-state index in [2.05, 4.69) is 15.0 Å². The van der Waals surface area contributed by atoms with Crippen LogP contribution in [0, 0.1) is 5.82 Å². The molecule has 1 amide bonds. The third-order valence-corrected chi connectivity index (χ3v) is 6.94. The van der Waals surface area contributed by atoms with Gasteiger partial charge in [0.05, 0.1) is 5.69 Å². The molecule has 2 fully saturated rings. The number of amides is 1. The van der Waals surface area contributed by atoms with Gasteiger partial charge >= 0.3 is 0 Å². The summed E-state index contributed by atoms with van der Waals surface area (Å²) in [6.07, 6.45) is 7.75. The fourth-order valence-electron chi connectivity index (χ4n) is 4.99. The van der Waals surface area contributed by atoms with Crippen molar-refractivity contribution in [2.75, 3.05) is 26.2 Å². The zero-order valence-electron chi connectivity index (χ0n) is 19.4. The molecule has 8 heteroatoms. The number of carbonyl (C=O) groups is 1. The predicted molar refractivity (Wildman–Crippen MR) is 127 cm³/mol. The van der Waals surface area contributed by atoms with Crippen molar-refractivity contribution in [3.05, 3.63) is 66.4 Å². The molecule has 0 radical (unpaired) electrons. The number of likely N-dealkylation sites (tertiary alicyclic amines) is 2. The molecule has 2 aliphatic rings. The minimum absolute atomic E-state index is 0.00581. The zero-order valence-corrected chi connectivity index (χ0v) is 19.4. The fourth-order valence-corrected chi connectivity index (χ4v) is 4.99. The second kappa shape index (κ2) is 9.93. The van der Waals surface area contributed by atoms with Crippen LogP contribution in [0.2, 0.25) is 0 Å². The number of rotatable bonds is 5. The molecular formula is C26H30FN5O2. The van der Waals surface area contributed by atoms with Crippen molar-refractivity contribution >= 4 is 5.91 Å². The zero-order chi connectivity index (χ0) is 23.5. The molecule has 5 rings (SSSR count). The molecule has 0 bridgehead atoms. The molecule has 0 spiro atoms. The summed E-state index contributed by atoms with van der Waals surface area (Å²) in [5.41, 5.74) is 2.04. The minimum Gasteiger partial charge on any atom is -0.490 e. The molecule has 178 valence electrons. The molecule has 3 aromatic rings. The maximum absolute atomic E-state index is 13.2. The number of piperidine rings is 2. The highest BCUT2D eigenvalue weighted by Gasteiger charge is 2.31. The number of carbonyl (C=O) groups excluding carboxylic acids is 1. The Balaban J connectivity index is 1.13. The number of hydrogen-bond donors (Lipinski definition) is 0. The predicted octanol–water partition coefficient (Wildman–Crippen LogP) is 3.77. The lowest BCUT2D eigenvalue weighted by molar-refractivity contribution is 0.0420. The van der Waals surface area contributed by atoms with Crippen molar-refractivity contribution in [3.8, 4) is 17.0 Å². The lowest BCUT2D eigenvalue weighted by Crippen LogP contribution is -2.50. The van der Waals surface area contributed by atoms with Gasteiger partial charge in [0.2, 0.25) is 0 Å². The average molecular weight is 464 g/mol. The summed E-state index contributed by atoms with van der Waals surface area (Å²) in [5.74, 6) is 0.605. The molecule has 7 nitrogen and oxygen atoms in total. The van der Waals surface area contributed by atoms with Crippen molar-refractivity contribution in [1.82, 2.24) is 24.6 Å². The number of ether oxygens (including phenoxy) is 1. The lowest BCUT2D eigenvalue weighted by Gasteiger charge is -2.41. The molecule has 4 heterocycles. The summed E-state index contributed by atoms with van der Waals surface area (Å²) in [6.45, 7) is 3.54. The van der Waals surface area contributed by atoms with Crippen LogP contribution in [0.3, 0.4) is 0 Å². The van der Waals surface area contributed by atoms with Gasteiger partial charge in [-0.1, -0.05) is 0 Å². The number of hydrogen-bond acceptors (Lipinski definition) is 5. The highest BCUT2D eigenvalue weighted by Crippen LogP contribution is 2.25. The lowest BCUT2D eigenvalue weighted by atomic mass is 9.98. The third kappa shape index (κ3) is 4.97. The molecule has 34 heavy (non-hydrogen) atoms. The van der Waals surface area contributed by atoms with E-state index < -0.39 is 0 Å². The summed E-state index contributed by atoms with van der Waals surface area (Å²) in [7, 11) is 1.78. The Morgan fingerprint density at radius 1 is 0.971 bits per heavy atom. The monoisotopic (exact) mass is 463 g/mol. The van der Waals surface area contributed by atoms with E-state index in [9.17, 15) is 9.18 Å². The molecule has 2 saturated heterocycles. The fraction of sp³-hybridized carbons (Fsp3) is 0.423. The van der Waals surface area contributed by atoms with Crippen LogP contribution in [0.25, 0.3) is 11.3 Å². The maximum Gasteiger partial charge on any atom is 0.272 e. The molecule has 0 saturated carbocycles. The Morgan fingerprint density at radius 2 is 1.65 bits per heavy atom. The first-order valence-electron chi connectivity index (χ1n) is 12.0. The molecular weight excluding hydrogens is 433 g/mol. The Hall–Kier alpha value is -3.26. The molecule has 0 atom stereocenters. The van der Waals surface area contributed by atoms with Crippen LogP contribution in [-0.2, 0) is 7.05 Å². The smallest absolute Gasteiger partial charge is 0.272 e. The Bertz CT molecular complexity index is 1100. The summed E-state index contributed by atoms with van der Waals surface area (Å²) in [5, 5.41) is 4.48. The van der Waals surface area contributed by atoms with Gasteiger partial charge in [0.1, 0.15) is 23.4 Å². The van der Waals surface area contributed by atoms with E-state index in [-0.39, 0.29) is 17.8 Å². The number of benzene rings is 1. The molecule has 0 aliphatic carbocycles. The van der Waals surface area contributed by atoms with Crippen molar-refractivity contribution < 1.29 is 13.9 Å². The van der Waals surface area contributed by atoms with Crippen LogP contribution in [0.1, 0.15) is 36.2 Å². The topological polar surface area (TPSA) is 63.5 Å². The highest BCUT2D eigenvalue weighted by atomic mass is 19.1.